The lowest BCUT2D eigenvalue weighted by Gasteiger charge is -2.00. The molecule has 4 nitrogen and oxygen atoms in total. The van der Waals surface area contributed by atoms with Crippen LogP contribution in [0.5, 0.6) is 0 Å². The molecule has 4 heteroatoms. The Bertz CT molecular complexity index is 532. The predicted octanol–water partition coefficient (Wildman–Crippen LogP) is 3.22. The Morgan fingerprint density at radius 1 is 1.33 bits per heavy atom. The molecule has 0 aliphatic carbocycles. The third kappa shape index (κ3) is 2.88. The fourth-order valence-corrected chi connectivity index (χ4v) is 1.66. The number of rotatable bonds is 4. The zero-order valence-corrected chi connectivity index (χ0v) is 11.1. The number of hydrogen-bond acceptors (Lipinski definition) is 4. The van der Waals surface area contributed by atoms with Crippen LogP contribution in [0, 0.1) is 12.8 Å². The van der Waals surface area contributed by atoms with Crippen molar-refractivity contribution in [2.24, 2.45) is 5.92 Å². The van der Waals surface area contributed by atoms with Crippen LogP contribution < -0.4 is 5.73 Å². The minimum Gasteiger partial charge on any atom is -0.398 e. The molecule has 0 aliphatic rings. The highest BCUT2D eigenvalue weighted by atomic mass is 16.5. The van der Waals surface area contributed by atoms with Crippen molar-refractivity contribution in [1.29, 1.82) is 0 Å². The van der Waals surface area contributed by atoms with E-state index in [4.69, 9.17) is 10.3 Å². The molecule has 0 radical (unpaired) electrons. The number of hydrogen-bond donors (Lipinski definition) is 1. The number of nitrogens with zero attached hydrogens (tertiary/aromatic N) is 2. The zero-order chi connectivity index (χ0) is 13.1. The lowest BCUT2D eigenvalue weighted by molar-refractivity contribution is 0.419. The first-order valence-corrected chi connectivity index (χ1v) is 6.25. The first-order chi connectivity index (χ1) is 8.56. The Labute approximate surface area is 107 Å². The van der Waals surface area contributed by atoms with Crippen LogP contribution in [0.2, 0.25) is 0 Å². The van der Waals surface area contributed by atoms with E-state index in [2.05, 4.69) is 24.0 Å². The van der Waals surface area contributed by atoms with Crippen molar-refractivity contribution in [2.75, 3.05) is 5.73 Å². The van der Waals surface area contributed by atoms with E-state index in [1.165, 1.54) is 0 Å². The second-order valence-corrected chi connectivity index (χ2v) is 5.02. The lowest BCUT2D eigenvalue weighted by atomic mass is 10.1. The molecule has 18 heavy (non-hydrogen) atoms. The van der Waals surface area contributed by atoms with Crippen LogP contribution in [0.4, 0.5) is 5.69 Å². The van der Waals surface area contributed by atoms with Gasteiger partial charge in [0, 0.05) is 17.7 Å². The van der Waals surface area contributed by atoms with Crippen molar-refractivity contribution in [2.45, 2.75) is 33.6 Å². The highest BCUT2D eigenvalue weighted by Gasteiger charge is 2.10. The molecule has 0 atom stereocenters. The summed E-state index contributed by atoms with van der Waals surface area (Å²) in [6, 6.07) is 5.78. The number of aryl methyl sites for hydroxylation is 2. The first-order valence-electron chi connectivity index (χ1n) is 6.25. The summed E-state index contributed by atoms with van der Waals surface area (Å²) in [6.45, 7) is 6.34. The molecule has 0 aliphatic heterocycles. The smallest absolute Gasteiger partial charge is 0.257 e. The van der Waals surface area contributed by atoms with Crippen molar-refractivity contribution in [1.82, 2.24) is 10.1 Å². The topological polar surface area (TPSA) is 64.9 Å². The molecular formula is C14H19N3O. The van der Waals surface area contributed by atoms with E-state index in [0.29, 0.717) is 11.8 Å². The maximum Gasteiger partial charge on any atom is 0.257 e. The van der Waals surface area contributed by atoms with E-state index >= 15 is 0 Å². The largest absolute Gasteiger partial charge is 0.398 e. The summed E-state index contributed by atoms with van der Waals surface area (Å²) in [6.07, 6.45) is 1.91. The average molecular weight is 245 g/mol. The van der Waals surface area contributed by atoms with Crippen molar-refractivity contribution in [3.63, 3.8) is 0 Å². The maximum atomic E-state index is 5.87. The standard InChI is InChI=1S/C14H19N3O/c1-9(2)4-7-13-16-14(18-17-13)11-6-5-10(3)12(15)8-11/h5-6,8-9H,4,7,15H2,1-3H3. The van der Waals surface area contributed by atoms with Crippen LogP contribution in [0.25, 0.3) is 11.5 Å². The Morgan fingerprint density at radius 2 is 2.11 bits per heavy atom. The molecule has 0 saturated carbocycles. The molecule has 2 rings (SSSR count). The van der Waals surface area contributed by atoms with Crippen LogP contribution in [0.1, 0.15) is 31.7 Å². The van der Waals surface area contributed by atoms with E-state index in [1.54, 1.807) is 0 Å². The van der Waals surface area contributed by atoms with Gasteiger partial charge in [0.15, 0.2) is 5.82 Å². The van der Waals surface area contributed by atoms with Gasteiger partial charge in [0.2, 0.25) is 0 Å². The monoisotopic (exact) mass is 245 g/mol. The summed E-state index contributed by atoms with van der Waals surface area (Å²) in [5.41, 5.74) is 8.55. The third-order valence-corrected chi connectivity index (χ3v) is 2.94. The lowest BCUT2D eigenvalue weighted by Crippen LogP contribution is -1.94. The van der Waals surface area contributed by atoms with Crippen LogP contribution in [-0.4, -0.2) is 10.1 Å². The minimum absolute atomic E-state index is 0.542. The number of aromatic nitrogens is 2. The van der Waals surface area contributed by atoms with Gasteiger partial charge in [-0.15, -0.1) is 0 Å². The molecule has 0 bridgehead atoms. The van der Waals surface area contributed by atoms with Gasteiger partial charge in [-0.05, 0) is 37.0 Å². The molecule has 0 spiro atoms. The average Bonchev–Trinajstić information content (AvgIpc) is 2.79. The van der Waals surface area contributed by atoms with Crippen molar-refractivity contribution in [3.05, 3.63) is 29.6 Å². The fourth-order valence-electron chi connectivity index (χ4n) is 1.66. The molecule has 2 N–H and O–H groups in total. The second kappa shape index (κ2) is 5.21. The molecule has 2 aromatic rings. The zero-order valence-electron chi connectivity index (χ0n) is 11.1. The summed E-state index contributed by atoms with van der Waals surface area (Å²) in [5, 5.41) is 3.99. The highest BCUT2D eigenvalue weighted by Crippen LogP contribution is 2.22. The van der Waals surface area contributed by atoms with Crippen LogP contribution in [0.15, 0.2) is 22.7 Å². The van der Waals surface area contributed by atoms with Gasteiger partial charge in [0.05, 0.1) is 0 Å². The molecule has 1 aromatic heterocycles. The van der Waals surface area contributed by atoms with Crippen molar-refractivity contribution < 1.29 is 4.52 Å². The predicted molar refractivity (Wildman–Crippen MR) is 72.0 cm³/mol. The fraction of sp³-hybridized carbons (Fsp3) is 0.429. The van der Waals surface area contributed by atoms with Crippen LogP contribution >= 0.6 is 0 Å². The van der Waals surface area contributed by atoms with E-state index in [-0.39, 0.29) is 0 Å². The van der Waals surface area contributed by atoms with E-state index in [1.807, 2.05) is 25.1 Å². The summed E-state index contributed by atoms with van der Waals surface area (Å²) < 4.78 is 5.26. The Morgan fingerprint density at radius 3 is 2.78 bits per heavy atom. The van der Waals surface area contributed by atoms with Gasteiger partial charge in [0.1, 0.15) is 0 Å². The number of nitrogen functional groups attached to an aromatic ring is 1. The number of nitrogens with two attached hydrogens (primary N) is 1. The van der Waals surface area contributed by atoms with Crippen molar-refractivity contribution in [3.8, 4) is 11.5 Å². The Hall–Kier alpha value is -1.84. The summed E-state index contributed by atoms with van der Waals surface area (Å²) in [7, 11) is 0. The molecule has 96 valence electrons. The number of anilines is 1. The first kappa shape index (κ1) is 12.6. The Balaban J connectivity index is 2.16. The van der Waals surface area contributed by atoms with Gasteiger partial charge < -0.3 is 10.3 Å². The summed E-state index contributed by atoms with van der Waals surface area (Å²) in [4.78, 5) is 4.39. The summed E-state index contributed by atoms with van der Waals surface area (Å²) in [5.74, 6) is 1.94. The maximum absolute atomic E-state index is 5.87. The quantitative estimate of drug-likeness (QED) is 0.840. The van der Waals surface area contributed by atoms with E-state index in [9.17, 15) is 0 Å². The molecule has 0 saturated heterocycles. The van der Waals surface area contributed by atoms with Gasteiger partial charge in [0.25, 0.3) is 5.89 Å². The normalized spacial score (nSPS) is 11.1. The molecule has 1 heterocycles. The van der Waals surface area contributed by atoms with Gasteiger partial charge in [-0.2, -0.15) is 4.98 Å². The minimum atomic E-state index is 0.542. The molecule has 0 amide bonds. The SMILES string of the molecule is Cc1ccc(-c2nc(CCC(C)C)no2)cc1N. The van der Waals surface area contributed by atoms with E-state index in [0.717, 1.165) is 35.5 Å². The molecular weight excluding hydrogens is 226 g/mol. The second-order valence-electron chi connectivity index (χ2n) is 5.02. The molecule has 0 fully saturated rings. The van der Waals surface area contributed by atoms with Gasteiger partial charge >= 0.3 is 0 Å². The van der Waals surface area contributed by atoms with E-state index < -0.39 is 0 Å². The molecule has 0 unspecified atom stereocenters. The van der Waals surface area contributed by atoms with Gasteiger partial charge in [-0.1, -0.05) is 25.1 Å². The van der Waals surface area contributed by atoms with Gasteiger partial charge in [-0.25, -0.2) is 0 Å². The molecule has 1 aromatic carbocycles. The highest BCUT2D eigenvalue weighted by molar-refractivity contribution is 5.62. The third-order valence-electron chi connectivity index (χ3n) is 2.94. The summed E-state index contributed by atoms with van der Waals surface area (Å²) >= 11 is 0. The van der Waals surface area contributed by atoms with Crippen LogP contribution in [-0.2, 0) is 6.42 Å². The van der Waals surface area contributed by atoms with Gasteiger partial charge in [-0.3, -0.25) is 0 Å². The van der Waals surface area contributed by atoms with Crippen LogP contribution in [0.3, 0.4) is 0 Å². The van der Waals surface area contributed by atoms with Crippen molar-refractivity contribution >= 4 is 5.69 Å². The number of benzene rings is 1. The Kier molecular flexibility index (Phi) is 3.65.